The van der Waals surface area contributed by atoms with E-state index >= 15 is 0 Å². The first-order valence-corrected chi connectivity index (χ1v) is 10.1. The van der Waals surface area contributed by atoms with Gasteiger partial charge in [-0.2, -0.15) is 4.52 Å². The molecule has 0 spiro atoms. The van der Waals surface area contributed by atoms with Crippen molar-refractivity contribution in [1.29, 1.82) is 0 Å². The molecule has 0 aliphatic heterocycles. The fourth-order valence-electron chi connectivity index (χ4n) is 3.63. The van der Waals surface area contributed by atoms with Gasteiger partial charge in [0.15, 0.2) is 17.3 Å². The molecule has 3 aromatic carbocycles. The molecule has 5 aromatic rings. The number of benzene rings is 3. The fourth-order valence-corrected chi connectivity index (χ4v) is 3.87. The summed E-state index contributed by atoms with van der Waals surface area (Å²) < 4.78 is 2.68. The van der Waals surface area contributed by atoms with Crippen LogP contribution in [0.3, 0.4) is 0 Å². The van der Waals surface area contributed by atoms with E-state index in [4.69, 9.17) is 11.6 Å². The quantitative estimate of drug-likeness (QED) is 0.393. The summed E-state index contributed by atoms with van der Waals surface area (Å²) in [4.78, 5) is 30.9. The van der Waals surface area contributed by atoms with Gasteiger partial charge < -0.3 is 0 Å². The number of aryl methyl sites for hydroxylation is 1. The Bertz CT molecular complexity index is 1520. The molecular weight excluding hydrogens is 412 g/mol. The van der Waals surface area contributed by atoms with E-state index in [0.717, 1.165) is 16.5 Å². The van der Waals surface area contributed by atoms with Gasteiger partial charge in [0.25, 0.3) is 0 Å². The number of carbonyl (C=O) groups excluding carboxylic acids is 1. The first-order valence-electron chi connectivity index (χ1n) is 9.76. The summed E-state index contributed by atoms with van der Waals surface area (Å²) in [6.45, 7) is 1.85. The van der Waals surface area contributed by atoms with Crippen LogP contribution in [0.2, 0.25) is 5.02 Å². The summed E-state index contributed by atoms with van der Waals surface area (Å²) in [5.74, 6) is 0.202. The maximum absolute atomic E-state index is 13.3. The van der Waals surface area contributed by atoms with E-state index in [9.17, 15) is 9.59 Å². The van der Waals surface area contributed by atoms with Crippen LogP contribution in [0.25, 0.3) is 27.9 Å². The number of carbonyl (C=O) groups is 1. The van der Waals surface area contributed by atoms with Gasteiger partial charge in [0, 0.05) is 16.5 Å². The predicted molar refractivity (Wildman–Crippen MR) is 121 cm³/mol. The van der Waals surface area contributed by atoms with Crippen LogP contribution >= 0.6 is 11.6 Å². The lowest BCUT2D eigenvalue weighted by molar-refractivity contribution is 0.0972. The maximum Gasteiger partial charge on any atom is 0.351 e. The zero-order chi connectivity index (χ0) is 21.5. The summed E-state index contributed by atoms with van der Waals surface area (Å²) in [7, 11) is 0. The Hall–Kier alpha value is -3.77. The number of nitrogens with zero attached hydrogens (tertiary/aromatic N) is 4. The molecular formula is C24H17ClN4O2. The molecule has 152 valence electrons. The zero-order valence-electron chi connectivity index (χ0n) is 16.6. The molecule has 6 nitrogen and oxygen atoms in total. The van der Waals surface area contributed by atoms with Crippen molar-refractivity contribution in [3.63, 3.8) is 0 Å². The van der Waals surface area contributed by atoms with Crippen LogP contribution in [0.1, 0.15) is 15.9 Å². The van der Waals surface area contributed by atoms with Gasteiger partial charge in [-0.1, -0.05) is 65.7 Å². The topological polar surface area (TPSA) is 69.3 Å². The van der Waals surface area contributed by atoms with E-state index in [-0.39, 0.29) is 12.3 Å². The highest BCUT2D eigenvalue weighted by Gasteiger charge is 2.18. The van der Waals surface area contributed by atoms with Crippen LogP contribution in [0.5, 0.6) is 0 Å². The van der Waals surface area contributed by atoms with Crippen LogP contribution in [-0.4, -0.2) is 24.9 Å². The Morgan fingerprint density at radius 1 is 0.968 bits per heavy atom. The van der Waals surface area contributed by atoms with E-state index in [0.29, 0.717) is 27.6 Å². The molecule has 0 aliphatic carbocycles. The number of ketones is 1. The van der Waals surface area contributed by atoms with Crippen molar-refractivity contribution in [1.82, 2.24) is 19.2 Å². The lowest BCUT2D eigenvalue weighted by Gasteiger charge is -2.11. The molecule has 0 saturated heterocycles. The number of aromatic nitrogens is 4. The Morgan fingerprint density at radius 3 is 2.45 bits per heavy atom. The van der Waals surface area contributed by atoms with Crippen molar-refractivity contribution in [2.24, 2.45) is 0 Å². The van der Waals surface area contributed by atoms with Gasteiger partial charge in [-0.05, 0) is 31.2 Å². The second kappa shape index (κ2) is 7.49. The van der Waals surface area contributed by atoms with Crippen molar-refractivity contribution in [2.75, 3.05) is 0 Å². The van der Waals surface area contributed by atoms with Gasteiger partial charge in [-0.15, -0.1) is 5.10 Å². The Labute approximate surface area is 182 Å². The highest BCUT2D eigenvalue weighted by molar-refractivity contribution is 6.33. The van der Waals surface area contributed by atoms with Crippen LogP contribution in [0.15, 0.2) is 77.6 Å². The first-order chi connectivity index (χ1) is 15.0. The molecule has 0 N–H and O–H groups in total. The third kappa shape index (κ3) is 3.31. The smallest absolute Gasteiger partial charge is 0.292 e. The molecule has 0 aliphatic rings. The van der Waals surface area contributed by atoms with Gasteiger partial charge in [-0.25, -0.2) is 9.78 Å². The molecule has 0 saturated carbocycles. The van der Waals surface area contributed by atoms with E-state index in [1.54, 1.807) is 30.3 Å². The molecule has 0 radical (unpaired) electrons. The number of hydrogen-bond donors (Lipinski definition) is 0. The lowest BCUT2D eigenvalue weighted by atomic mass is 10.1. The minimum atomic E-state index is -0.431. The van der Waals surface area contributed by atoms with Crippen molar-refractivity contribution in [3.8, 4) is 11.4 Å². The summed E-state index contributed by atoms with van der Waals surface area (Å²) in [6, 6.07) is 22.0. The van der Waals surface area contributed by atoms with Crippen LogP contribution < -0.4 is 5.69 Å². The van der Waals surface area contributed by atoms with Gasteiger partial charge in [0.2, 0.25) is 0 Å². The second-order valence-corrected chi connectivity index (χ2v) is 7.73. The van der Waals surface area contributed by atoms with Gasteiger partial charge in [0.05, 0.1) is 17.1 Å². The number of halogens is 1. The third-order valence-electron chi connectivity index (χ3n) is 5.24. The van der Waals surface area contributed by atoms with E-state index in [1.165, 1.54) is 9.08 Å². The van der Waals surface area contributed by atoms with E-state index in [1.807, 2.05) is 49.4 Å². The number of rotatable bonds is 4. The summed E-state index contributed by atoms with van der Waals surface area (Å²) >= 11 is 6.18. The van der Waals surface area contributed by atoms with E-state index in [2.05, 4.69) is 10.1 Å². The second-order valence-electron chi connectivity index (χ2n) is 7.33. The average Bonchev–Trinajstić information content (AvgIpc) is 3.23. The Kier molecular flexibility index (Phi) is 4.64. The highest BCUT2D eigenvalue weighted by Crippen LogP contribution is 2.22. The highest BCUT2D eigenvalue weighted by atomic mass is 35.5. The maximum atomic E-state index is 13.3. The minimum absolute atomic E-state index is 0.154. The number of fused-ring (bicyclic) bond motifs is 3. The third-order valence-corrected chi connectivity index (χ3v) is 5.57. The molecule has 0 fully saturated rings. The molecule has 0 amide bonds. The monoisotopic (exact) mass is 428 g/mol. The molecule has 0 atom stereocenters. The minimum Gasteiger partial charge on any atom is -0.292 e. The first kappa shape index (κ1) is 19.2. The number of para-hydroxylation sites is 1. The molecule has 5 rings (SSSR count). The zero-order valence-corrected chi connectivity index (χ0v) is 17.4. The van der Waals surface area contributed by atoms with Crippen molar-refractivity contribution in [2.45, 2.75) is 13.5 Å². The fraction of sp³-hybridized carbons (Fsp3) is 0.0833. The average molecular weight is 429 g/mol. The standard InChI is InChI=1S/C24H17ClN4O2/c1-15-10-12-16(13-11-15)22-26-23-18-7-3-5-9-20(18)28(24(31)29(23)27-22)14-21(30)17-6-2-4-8-19(17)25/h2-13H,14H2,1H3. The van der Waals surface area contributed by atoms with Crippen LogP contribution in [-0.2, 0) is 6.54 Å². The molecule has 2 aromatic heterocycles. The molecule has 2 heterocycles. The lowest BCUT2D eigenvalue weighted by Crippen LogP contribution is -2.30. The summed E-state index contributed by atoms with van der Waals surface area (Å²) in [5, 5.41) is 5.55. The predicted octanol–water partition coefficient (Wildman–Crippen LogP) is 4.56. The summed E-state index contributed by atoms with van der Waals surface area (Å²) in [6.07, 6.45) is 0. The van der Waals surface area contributed by atoms with E-state index < -0.39 is 5.69 Å². The molecule has 0 unspecified atom stereocenters. The molecule has 0 bridgehead atoms. The van der Waals surface area contributed by atoms with Gasteiger partial charge >= 0.3 is 5.69 Å². The normalized spacial score (nSPS) is 11.3. The SMILES string of the molecule is Cc1ccc(-c2nc3c4ccccc4n(CC(=O)c4ccccc4Cl)c(=O)n3n2)cc1. The van der Waals surface area contributed by atoms with Crippen LogP contribution in [0.4, 0.5) is 0 Å². The van der Waals surface area contributed by atoms with Crippen molar-refractivity contribution in [3.05, 3.63) is 99.4 Å². The molecule has 7 heteroatoms. The number of Topliss-reactive ketones (excluding diaryl/α,β-unsaturated/α-hetero) is 1. The Morgan fingerprint density at radius 2 is 1.68 bits per heavy atom. The summed E-state index contributed by atoms with van der Waals surface area (Å²) in [5.41, 5.74) is 2.95. The van der Waals surface area contributed by atoms with Gasteiger partial charge in [0.1, 0.15) is 0 Å². The van der Waals surface area contributed by atoms with Gasteiger partial charge in [-0.3, -0.25) is 9.36 Å². The largest absolute Gasteiger partial charge is 0.351 e. The Balaban J connectivity index is 1.70. The number of hydrogen-bond acceptors (Lipinski definition) is 4. The van der Waals surface area contributed by atoms with Crippen molar-refractivity contribution < 1.29 is 4.79 Å². The van der Waals surface area contributed by atoms with Crippen LogP contribution in [0, 0.1) is 6.92 Å². The molecule has 31 heavy (non-hydrogen) atoms. The van der Waals surface area contributed by atoms with Crippen molar-refractivity contribution >= 4 is 33.9 Å².